The summed E-state index contributed by atoms with van der Waals surface area (Å²) in [5, 5.41) is 0. The van der Waals surface area contributed by atoms with Crippen LogP contribution in [0.3, 0.4) is 0 Å². The van der Waals surface area contributed by atoms with E-state index < -0.39 is 0 Å². The van der Waals surface area contributed by atoms with Crippen LogP contribution in [0.1, 0.15) is 17.5 Å². The first kappa shape index (κ1) is 13.9. The lowest BCUT2D eigenvalue weighted by molar-refractivity contribution is 0.610. The Morgan fingerprint density at radius 3 is 2.86 bits per heavy atom. The zero-order chi connectivity index (χ0) is 14.7. The average Bonchev–Trinajstić information content (AvgIpc) is 2.53. The smallest absolute Gasteiger partial charge is 0.250 e. The highest BCUT2D eigenvalue weighted by atomic mass is 16.1. The predicted octanol–water partition coefficient (Wildman–Crippen LogP) is 1.76. The maximum Gasteiger partial charge on any atom is 0.250 e. The van der Waals surface area contributed by atoms with Gasteiger partial charge < -0.3 is 15.2 Å². The summed E-state index contributed by atoms with van der Waals surface area (Å²) >= 11 is 0. The number of nitrogens with two attached hydrogens (primary N) is 1. The molecule has 0 saturated carbocycles. The molecular weight excluding hydrogens is 262 g/mol. The van der Waals surface area contributed by atoms with Crippen LogP contribution in [0.4, 0.5) is 5.69 Å². The molecule has 1 aliphatic heterocycles. The van der Waals surface area contributed by atoms with Crippen LogP contribution in [0.2, 0.25) is 0 Å². The molecule has 0 saturated heterocycles. The number of aromatic nitrogens is 1. The highest BCUT2D eigenvalue weighted by molar-refractivity contribution is 5.56. The minimum Gasteiger partial charge on any atom is -0.370 e. The summed E-state index contributed by atoms with van der Waals surface area (Å²) in [5.74, 6) is 0. The number of anilines is 1. The predicted molar refractivity (Wildman–Crippen MR) is 85.6 cm³/mol. The Bertz CT molecular complexity index is 678. The summed E-state index contributed by atoms with van der Waals surface area (Å²) in [4.78, 5) is 14.1. The van der Waals surface area contributed by atoms with Crippen molar-refractivity contribution in [1.82, 2.24) is 4.57 Å². The lowest BCUT2D eigenvalue weighted by Gasteiger charge is -2.31. The van der Waals surface area contributed by atoms with Crippen LogP contribution in [0, 0.1) is 0 Å². The normalized spacial score (nSPS) is 14.0. The van der Waals surface area contributed by atoms with E-state index in [9.17, 15) is 4.79 Å². The summed E-state index contributed by atoms with van der Waals surface area (Å²) in [7, 11) is 0. The highest BCUT2D eigenvalue weighted by Crippen LogP contribution is 2.27. The van der Waals surface area contributed by atoms with Gasteiger partial charge in [-0.05, 0) is 36.1 Å². The molecule has 2 N–H and O–H groups in total. The average molecular weight is 283 g/mol. The monoisotopic (exact) mass is 283 g/mol. The van der Waals surface area contributed by atoms with Crippen LogP contribution in [-0.2, 0) is 19.5 Å². The molecular formula is C17H21N3O. The van der Waals surface area contributed by atoms with Crippen molar-refractivity contribution < 1.29 is 0 Å². The van der Waals surface area contributed by atoms with E-state index in [1.54, 1.807) is 16.7 Å². The first-order valence-corrected chi connectivity index (χ1v) is 7.50. The molecule has 4 heteroatoms. The van der Waals surface area contributed by atoms with Crippen molar-refractivity contribution >= 4 is 5.69 Å². The second kappa shape index (κ2) is 6.14. The van der Waals surface area contributed by atoms with Crippen molar-refractivity contribution in [2.24, 2.45) is 5.73 Å². The van der Waals surface area contributed by atoms with Gasteiger partial charge in [-0.25, -0.2) is 0 Å². The topological polar surface area (TPSA) is 51.3 Å². The molecule has 2 aromatic rings. The fraction of sp³-hybridized carbons (Fsp3) is 0.353. The Morgan fingerprint density at radius 1 is 1.14 bits per heavy atom. The van der Waals surface area contributed by atoms with Gasteiger partial charge in [0.25, 0.3) is 5.56 Å². The Balaban J connectivity index is 1.76. The van der Waals surface area contributed by atoms with Gasteiger partial charge in [0.15, 0.2) is 0 Å². The van der Waals surface area contributed by atoms with E-state index >= 15 is 0 Å². The second-order valence-electron chi connectivity index (χ2n) is 5.49. The molecule has 1 aromatic carbocycles. The largest absolute Gasteiger partial charge is 0.370 e. The number of benzene rings is 1. The zero-order valence-corrected chi connectivity index (χ0v) is 12.2. The van der Waals surface area contributed by atoms with Crippen molar-refractivity contribution in [3.05, 3.63) is 64.1 Å². The van der Waals surface area contributed by atoms with E-state index in [-0.39, 0.29) is 5.56 Å². The van der Waals surface area contributed by atoms with Crippen LogP contribution in [0.15, 0.2) is 47.4 Å². The molecule has 2 heterocycles. The van der Waals surface area contributed by atoms with E-state index in [1.165, 1.54) is 16.8 Å². The van der Waals surface area contributed by atoms with Gasteiger partial charge in [0, 0.05) is 44.1 Å². The van der Waals surface area contributed by atoms with Crippen LogP contribution < -0.4 is 16.2 Å². The summed E-state index contributed by atoms with van der Waals surface area (Å²) in [6.07, 6.45) is 4.13. The fourth-order valence-corrected chi connectivity index (χ4v) is 2.96. The van der Waals surface area contributed by atoms with Crippen molar-refractivity contribution in [3.63, 3.8) is 0 Å². The Labute approximate surface area is 124 Å². The summed E-state index contributed by atoms with van der Waals surface area (Å²) in [5.41, 5.74) is 9.64. The summed E-state index contributed by atoms with van der Waals surface area (Å²) in [6, 6.07) is 11.8. The highest BCUT2D eigenvalue weighted by Gasteiger charge is 2.16. The van der Waals surface area contributed by atoms with Crippen LogP contribution >= 0.6 is 0 Å². The van der Waals surface area contributed by atoms with Crippen LogP contribution in [-0.4, -0.2) is 17.7 Å². The summed E-state index contributed by atoms with van der Waals surface area (Å²) in [6.45, 7) is 3.22. The van der Waals surface area contributed by atoms with E-state index in [0.717, 1.165) is 32.5 Å². The molecule has 0 fully saturated rings. The third-order valence-corrected chi connectivity index (χ3v) is 4.10. The molecule has 1 aliphatic rings. The third kappa shape index (κ3) is 3.00. The second-order valence-corrected chi connectivity index (χ2v) is 5.49. The number of pyridine rings is 1. The molecule has 0 spiro atoms. The summed E-state index contributed by atoms with van der Waals surface area (Å²) < 4.78 is 1.77. The number of hydrogen-bond donors (Lipinski definition) is 1. The number of nitrogens with zero attached hydrogens (tertiary/aromatic N) is 2. The number of rotatable bonds is 4. The molecule has 3 rings (SSSR count). The van der Waals surface area contributed by atoms with Crippen molar-refractivity contribution in [1.29, 1.82) is 0 Å². The van der Waals surface area contributed by atoms with Gasteiger partial charge in [0.05, 0.1) is 0 Å². The fourth-order valence-electron chi connectivity index (χ4n) is 2.96. The van der Waals surface area contributed by atoms with Gasteiger partial charge in [-0.1, -0.05) is 18.2 Å². The van der Waals surface area contributed by atoms with E-state index in [4.69, 9.17) is 5.73 Å². The Hall–Kier alpha value is -2.07. The first-order chi connectivity index (χ1) is 10.3. The lowest BCUT2D eigenvalue weighted by Crippen LogP contribution is -2.34. The van der Waals surface area contributed by atoms with E-state index in [2.05, 4.69) is 23.1 Å². The van der Waals surface area contributed by atoms with Gasteiger partial charge in [0.2, 0.25) is 0 Å². The lowest BCUT2D eigenvalue weighted by atomic mass is 9.99. The maximum atomic E-state index is 11.8. The molecule has 0 unspecified atom stereocenters. The Kier molecular flexibility index (Phi) is 4.06. The van der Waals surface area contributed by atoms with Gasteiger partial charge in [-0.3, -0.25) is 4.79 Å². The molecule has 0 aliphatic carbocycles. The van der Waals surface area contributed by atoms with Gasteiger partial charge in [-0.15, -0.1) is 0 Å². The molecule has 0 atom stereocenters. The number of fused-ring (bicyclic) bond motifs is 1. The quantitative estimate of drug-likeness (QED) is 0.930. The SMILES string of the molecule is NCc1ccc2c(c1)CCCN2CCn1ccccc1=O. The molecule has 21 heavy (non-hydrogen) atoms. The molecule has 110 valence electrons. The maximum absolute atomic E-state index is 11.8. The minimum atomic E-state index is 0.0632. The number of hydrogen-bond acceptors (Lipinski definition) is 3. The molecule has 0 bridgehead atoms. The van der Waals surface area contributed by atoms with Crippen LogP contribution in [0.25, 0.3) is 0 Å². The standard InChI is InChI=1S/C17H21N3O/c18-13-14-6-7-16-15(12-14)4-3-9-19(16)10-11-20-8-2-1-5-17(20)21/h1-2,5-8,12H,3-4,9-11,13,18H2. The third-order valence-electron chi connectivity index (χ3n) is 4.10. The number of aryl methyl sites for hydroxylation is 1. The van der Waals surface area contributed by atoms with Crippen molar-refractivity contribution in [2.45, 2.75) is 25.9 Å². The van der Waals surface area contributed by atoms with E-state index in [0.29, 0.717) is 6.54 Å². The van der Waals surface area contributed by atoms with E-state index in [1.807, 2.05) is 12.3 Å². The van der Waals surface area contributed by atoms with Crippen molar-refractivity contribution in [3.8, 4) is 0 Å². The zero-order valence-electron chi connectivity index (χ0n) is 12.2. The first-order valence-electron chi connectivity index (χ1n) is 7.50. The molecule has 0 amide bonds. The van der Waals surface area contributed by atoms with Gasteiger partial charge >= 0.3 is 0 Å². The van der Waals surface area contributed by atoms with Gasteiger partial charge in [-0.2, -0.15) is 0 Å². The van der Waals surface area contributed by atoms with Gasteiger partial charge in [0.1, 0.15) is 0 Å². The van der Waals surface area contributed by atoms with Crippen molar-refractivity contribution in [2.75, 3.05) is 18.0 Å². The molecule has 0 radical (unpaired) electrons. The molecule has 4 nitrogen and oxygen atoms in total. The molecule has 1 aromatic heterocycles. The Morgan fingerprint density at radius 2 is 2.05 bits per heavy atom. The van der Waals surface area contributed by atoms with Crippen LogP contribution in [0.5, 0.6) is 0 Å². The minimum absolute atomic E-state index is 0.0632.